The first-order chi connectivity index (χ1) is 8.49. The molecule has 6 heteroatoms. The minimum absolute atomic E-state index is 0.0729. The van der Waals surface area contributed by atoms with Crippen molar-refractivity contribution in [1.29, 1.82) is 0 Å². The molecule has 0 aliphatic carbocycles. The van der Waals surface area contributed by atoms with Crippen LogP contribution in [0.4, 0.5) is 4.39 Å². The summed E-state index contributed by atoms with van der Waals surface area (Å²) in [6.07, 6.45) is 0. The van der Waals surface area contributed by atoms with Crippen molar-refractivity contribution in [3.05, 3.63) is 52.0 Å². The molecule has 0 amide bonds. The van der Waals surface area contributed by atoms with Gasteiger partial charge in [0.2, 0.25) is 0 Å². The van der Waals surface area contributed by atoms with Crippen LogP contribution in [0.5, 0.6) is 0 Å². The summed E-state index contributed by atoms with van der Waals surface area (Å²) in [6, 6.07) is 6.30. The zero-order valence-corrected chi connectivity index (χ0v) is 11.2. The molecule has 0 spiro atoms. The summed E-state index contributed by atoms with van der Waals surface area (Å²) in [5.74, 6) is -0.445. The van der Waals surface area contributed by atoms with E-state index in [1.54, 1.807) is 12.1 Å². The molecule has 1 heterocycles. The van der Waals surface area contributed by atoms with Gasteiger partial charge in [0.1, 0.15) is 5.82 Å². The summed E-state index contributed by atoms with van der Waals surface area (Å²) in [5.41, 5.74) is 1.20. The van der Waals surface area contributed by atoms with E-state index in [0.29, 0.717) is 0 Å². The number of aryl methyl sites for hydroxylation is 1. The van der Waals surface area contributed by atoms with E-state index in [-0.39, 0.29) is 17.1 Å². The Morgan fingerprint density at radius 3 is 2.44 bits per heavy atom. The minimum Gasteiger partial charge on any atom is -0.261 e. The third kappa shape index (κ3) is 2.95. The molecule has 0 bridgehead atoms. The van der Waals surface area contributed by atoms with Crippen LogP contribution in [0.2, 0.25) is 0 Å². The van der Waals surface area contributed by atoms with Gasteiger partial charge in [-0.1, -0.05) is 17.7 Å². The predicted octanol–water partition coefficient (Wildman–Crippen LogP) is 3.10. The Morgan fingerprint density at radius 1 is 1.22 bits per heavy atom. The highest BCUT2D eigenvalue weighted by molar-refractivity contribution is 7.86. The summed E-state index contributed by atoms with van der Waals surface area (Å²) >= 11 is 1.16. The van der Waals surface area contributed by atoms with E-state index in [0.717, 1.165) is 16.9 Å². The van der Waals surface area contributed by atoms with Crippen LogP contribution >= 0.6 is 11.3 Å². The van der Waals surface area contributed by atoms with Crippen LogP contribution in [0.1, 0.15) is 11.1 Å². The van der Waals surface area contributed by atoms with Gasteiger partial charge >= 0.3 is 0 Å². The lowest BCUT2D eigenvalue weighted by atomic mass is 10.2. The second kappa shape index (κ2) is 5.17. The van der Waals surface area contributed by atoms with Crippen LogP contribution in [0.3, 0.4) is 0 Å². The molecule has 0 saturated carbocycles. The molecule has 1 aromatic carbocycles. The monoisotopic (exact) mass is 286 g/mol. The molecule has 0 aliphatic rings. The van der Waals surface area contributed by atoms with E-state index < -0.39 is 15.9 Å². The van der Waals surface area contributed by atoms with Gasteiger partial charge in [0.25, 0.3) is 10.1 Å². The second-order valence-electron chi connectivity index (χ2n) is 3.77. The Bertz CT molecular complexity index is 630. The van der Waals surface area contributed by atoms with Crippen molar-refractivity contribution in [2.24, 2.45) is 0 Å². The van der Waals surface area contributed by atoms with E-state index in [9.17, 15) is 12.8 Å². The fourth-order valence-corrected chi connectivity index (χ4v) is 2.90. The van der Waals surface area contributed by atoms with Crippen molar-refractivity contribution in [3.63, 3.8) is 0 Å². The lowest BCUT2D eigenvalue weighted by Gasteiger charge is -2.05. The van der Waals surface area contributed by atoms with Crippen LogP contribution < -0.4 is 0 Å². The molecule has 0 saturated heterocycles. The van der Waals surface area contributed by atoms with Gasteiger partial charge in [-0.3, -0.25) is 4.18 Å². The maximum Gasteiger partial charge on any atom is 0.297 e. The average Bonchev–Trinajstić information content (AvgIpc) is 2.73. The molecule has 1 aromatic heterocycles. The Morgan fingerprint density at radius 2 is 1.89 bits per heavy atom. The van der Waals surface area contributed by atoms with Gasteiger partial charge in [-0.15, -0.1) is 11.3 Å². The first-order valence-electron chi connectivity index (χ1n) is 5.16. The van der Waals surface area contributed by atoms with Crippen LogP contribution in [0.25, 0.3) is 0 Å². The average molecular weight is 286 g/mol. The molecule has 96 valence electrons. The highest BCUT2D eigenvalue weighted by Gasteiger charge is 2.16. The molecule has 0 N–H and O–H groups in total. The van der Waals surface area contributed by atoms with E-state index >= 15 is 0 Å². The highest BCUT2D eigenvalue weighted by atomic mass is 32.2. The zero-order chi connectivity index (χ0) is 13.2. The number of hydrogen-bond acceptors (Lipinski definition) is 4. The SMILES string of the molecule is Cc1ccc(S(=O)(=O)OCc2cscc2F)cc1. The predicted molar refractivity (Wildman–Crippen MR) is 67.4 cm³/mol. The first-order valence-corrected chi connectivity index (χ1v) is 7.51. The molecule has 0 fully saturated rings. The number of rotatable bonds is 4. The maximum absolute atomic E-state index is 13.1. The lowest BCUT2D eigenvalue weighted by Crippen LogP contribution is -2.06. The first kappa shape index (κ1) is 13.2. The maximum atomic E-state index is 13.1. The standard InChI is InChI=1S/C12H11FO3S2/c1-9-2-4-11(5-3-9)18(14,15)16-6-10-7-17-8-12(10)13/h2-5,7-8H,6H2,1H3. The quantitative estimate of drug-likeness (QED) is 0.811. The van der Waals surface area contributed by atoms with E-state index in [1.165, 1.54) is 22.9 Å². The largest absolute Gasteiger partial charge is 0.297 e. The Kier molecular flexibility index (Phi) is 3.79. The molecular weight excluding hydrogens is 275 g/mol. The van der Waals surface area contributed by atoms with Gasteiger partial charge in [0.05, 0.1) is 11.5 Å². The van der Waals surface area contributed by atoms with E-state index in [2.05, 4.69) is 0 Å². The Balaban J connectivity index is 2.13. The molecule has 2 aromatic rings. The fourth-order valence-electron chi connectivity index (χ4n) is 1.32. The second-order valence-corrected chi connectivity index (χ2v) is 6.13. The molecule has 0 radical (unpaired) electrons. The fraction of sp³-hybridized carbons (Fsp3) is 0.167. The van der Waals surface area contributed by atoms with Gasteiger partial charge in [0, 0.05) is 10.9 Å². The van der Waals surface area contributed by atoms with Crippen LogP contribution in [-0.2, 0) is 20.9 Å². The van der Waals surface area contributed by atoms with Gasteiger partial charge in [0.15, 0.2) is 0 Å². The molecule has 18 heavy (non-hydrogen) atoms. The summed E-state index contributed by atoms with van der Waals surface area (Å²) in [5, 5.41) is 2.83. The molecule has 2 rings (SSSR count). The summed E-state index contributed by atoms with van der Waals surface area (Å²) < 4.78 is 41.6. The van der Waals surface area contributed by atoms with Crippen LogP contribution in [0.15, 0.2) is 39.9 Å². The van der Waals surface area contributed by atoms with Gasteiger partial charge < -0.3 is 0 Å². The normalized spacial score (nSPS) is 11.7. The molecule has 0 atom stereocenters. The Labute approximate surface area is 109 Å². The number of benzene rings is 1. The number of thiophene rings is 1. The summed E-state index contributed by atoms with van der Waals surface area (Å²) in [7, 11) is -3.83. The van der Waals surface area contributed by atoms with E-state index in [1.807, 2.05) is 6.92 Å². The third-order valence-electron chi connectivity index (χ3n) is 2.37. The van der Waals surface area contributed by atoms with Gasteiger partial charge in [-0.25, -0.2) is 4.39 Å². The van der Waals surface area contributed by atoms with Crippen LogP contribution in [0, 0.1) is 12.7 Å². The molecule has 0 unspecified atom stereocenters. The highest BCUT2D eigenvalue weighted by Crippen LogP contribution is 2.18. The third-order valence-corrected chi connectivity index (χ3v) is 4.41. The number of hydrogen-bond donors (Lipinski definition) is 0. The van der Waals surface area contributed by atoms with Crippen LogP contribution in [-0.4, -0.2) is 8.42 Å². The van der Waals surface area contributed by atoms with Gasteiger partial charge in [-0.2, -0.15) is 8.42 Å². The van der Waals surface area contributed by atoms with Crippen molar-refractivity contribution >= 4 is 21.5 Å². The molecule has 3 nitrogen and oxygen atoms in total. The Hall–Kier alpha value is -1.24. The van der Waals surface area contributed by atoms with Gasteiger partial charge in [-0.05, 0) is 24.4 Å². The number of halogens is 1. The molecule has 0 aliphatic heterocycles. The zero-order valence-electron chi connectivity index (χ0n) is 9.59. The van der Waals surface area contributed by atoms with Crippen molar-refractivity contribution in [1.82, 2.24) is 0 Å². The topological polar surface area (TPSA) is 43.4 Å². The minimum atomic E-state index is -3.83. The summed E-state index contributed by atoms with van der Waals surface area (Å²) in [4.78, 5) is 0.0729. The smallest absolute Gasteiger partial charge is 0.261 e. The lowest BCUT2D eigenvalue weighted by molar-refractivity contribution is 0.303. The van der Waals surface area contributed by atoms with E-state index in [4.69, 9.17) is 4.18 Å². The van der Waals surface area contributed by atoms with Crippen molar-refractivity contribution < 1.29 is 17.0 Å². The van der Waals surface area contributed by atoms with Crippen molar-refractivity contribution in [3.8, 4) is 0 Å². The van der Waals surface area contributed by atoms with Crippen molar-refractivity contribution in [2.45, 2.75) is 18.4 Å². The molecular formula is C12H11FO3S2. The van der Waals surface area contributed by atoms with Crippen molar-refractivity contribution in [2.75, 3.05) is 0 Å². The summed E-state index contributed by atoms with van der Waals surface area (Å²) in [6.45, 7) is 1.57.